The first kappa shape index (κ1) is 23.6. The van der Waals surface area contributed by atoms with Crippen LogP contribution < -0.4 is 16.1 Å². The molecule has 0 saturated carbocycles. The lowest BCUT2D eigenvalue weighted by atomic mass is 10.0. The molecule has 3 aromatic heterocycles. The zero-order valence-corrected chi connectivity index (χ0v) is 20.5. The largest absolute Gasteiger partial charge is 0.366 e. The molecule has 5 rings (SSSR count). The zero-order valence-electron chi connectivity index (χ0n) is 19.7. The lowest BCUT2D eigenvalue weighted by Crippen LogP contribution is -2.23. The molecule has 2 aromatic carbocycles. The summed E-state index contributed by atoms with van der Waals surface area (Å²) in [5.74, 6) is 1.04. The number of hydrogen-bond acceptors (Lipinski definition) is 6. The highest BCUT2D eigenvalue weighted by molar-refractivity contribution is 6.36. The number of benzene rings is 2. The highest BCUT2D eigenvalue weighted by Crippen LogP contribution is 2.28. The summed E-state index contributed by atoms with van der Waals surface area (Å²) in [7, 11) is 6.11. The summed E-state index contributed by atoms with van der Waals surface area (Å²) in [6, 6.07) is 17.4. The van der Waals surface area contributed by atoms with E-state index in [4.69, 9.17) is 24.0 Å². The molecular formula is C26H22BClN6O2. The average molecular weight is 497 g/mol. The molecule has 3 heterocycles. The number of halogens is 1. The molecule has 2 N–H and O–H groups in total. The fourth-order valence-electron chi connectivity index (χ4n) is 3.96. The van der Waals surface area contributed by atoms with Gasteiger partial charge in [0.15, 0.2) is 5.65 Å². The highest BCUT2D eigenvalue weighted by Gasteiger charge is 2.17. The minimum Gasteiger partial charge on any atom is -0.366 e. The van der Waals surface area contributed by atoms with Crippen LogP contribution in [0.15, 0.2) is 65.3 Å². The molecule has 1 amide bonds. The number of carbonyl (C=O) groups excluding carboxylic acids is 1. The predicted octanol–water partition coefficient (Wildman–Crippen LogP) is 3.99. The van der Waals surface area contributed by atoms with E-state index in [1.807, 2.05) is 54.6 Å². The smallest absolute Gasteiger partial charge is 0.257 e. The summed E-state index contributed by atoms with van der Waals surface area (Å²) in [4.78, 5) is 17.1. The molecule has 0 aliphatic rings. The standard InChI is InChI=1S/C26H22BClN6O2/c1-15-24(16(2)36-33-15)26(35)30-13-18-9-7-17(8-10-18)12-29-23-11-22(19-5-3-4-6-21(19)28)32-25-20(27)14-31-34(23)25/h3-11,14,29H,12-13H2,1-2H3,(H,30,35). The molecule has 0 bridgehead atoms. The van der Waals surface area contributed by atoms with Crippen molar-refractivity contribution in [3.05, 3.63) is 94.0 Å². The maximum atomic E-state index is 12.5. The molecule has 0 spiro atoms. The molecule has 0 unspecified atom stereocenters. The third kappa shape index (κ3) is 4.70. The van der Waals surface area contributed by atoms with E-state index < -0.39 is 0 Å². The molecule has 0 saturated heterocycles. The summed E-state index contributed by atoms with van der Waals surface area (Å²) in [5.41, 5.74) is 5.64. The third-order valence-corrected chi connectivity index (χ3v) is 6.19. The Labute approximate surface area is 214 Å². The molecule has 0 fully saturated rings. The van der Waals surface area contributed by atoms with E-state index >= 15 is 0 Å². The van der Waals surface area contributed by atoms with Crippen LogP contribution in [0.4, 0.5) is 5.82 Å². The Balaban J connectivity index is 1.29. The van der Waals surface area contributed by atoms with Crippen molar-refractivity contribution >= 4 is 42.3 Å². The van der Waals surface area contributed by atoms with E-state index in [2.05, 4.69) is 25.9 Å². The van der Waals surface area contributed by atoms with Gasteiger partial charge in [-0.05, 0) is 36.5 Å². The van der Waals surface area contributed by atoms with Gasteiger partial charge in [-0.15, -0.1) is 0 Å². The van der Waals surface area contributed by atoms with Crippen molar-refractivity contribution in [1.82, 2.24) is 25.1 Å². The lowest BCUT2D eigenvalue weighted by molar-refractivity contribution is 0.0949. The van der Waals surface area contributed by atoms with Gasteiger partial charge in [-0.1, -0.05) is 59.2 Å². The molecular weight excluding hydrogens is 475 g/mol. The Morgan fingerprint density at radius 2 is 1.81 bits per heavy atom. The molecule has 2 radical (unpaired) electrons. The predicted molar refractivity (Wildman–Crippen MR) is 140 cm³/mol. The van der Waals surface area contributed by atoms with Gasteiger partial charge in [0, 0.05) is 35.9 Å². The summed E-state index contributed by atoms with van der Waals surface area (Å²) in [6.07, 6.45) is 1.58. The first-order chi connectivity index (χ1) is 17.4. The minimum absolute atomic E-state index is 0.202. The van der Waals surface area contributed by atoms with E-state index in [0.717, 1.165) is 22.5 Å². The van der Waals surface area contributed by atoms with Crippen molar-refractivity contribution in [3.8, 4) is 11.3 Å². The minimum atomic E-state index is -0.202. The summed E-state index contributed by atoms with van der Waals surface area (Å²) in [6.45, 7) is 4.42. The SMILES string of the molecule is [B]c1cnn2c(NCc3ccc(CNC(=O)c4c(C)noc4C)cc3)cc(-c3ccccc3Cl)nc12. The van der Waals surface area contributed by atoms with Gasteiger partial charge in [-0.2, -0.15) is 9.61 Å². The normalized spacial score (nSPS) is 11.1. The number of nitrogens with one attached hydrogen (secondary N) is 2. The number of rotatable bonds is 7. The van der Waals surface area contributed by atoms with Gasteiger partial charge in [0.2, 0.25) is 0 Å². The van der Waals surface area contributed by atoms with Crippen LogP contribution in [0, 0.1) is 13.8 Å². The lowest BCUT2D eigenvalue weighted by Gasteiger charge is -2.12. The summed E-state index contributed by atoms with van der Waals surface area (Å²) < 4.78 is 6.75. The van der Waals surface area contributed by atoms with Gasteiger partial charge in [-0.25, -0.2) is 4.98 Å². The second-order valence-electron chi connectivity index (χ2n) is 8.39. The molecule has 178 valence electrons. The van der Waals surface area contributed by atoms with E-state index in [1.54, 1.807) is 24.6 Å². The van der Waals surface area contributed by atoms with Gasteiger partial charge in [-0.3, -0.25) is 4.79 Å². The van der Waals surface area contributed by atoms with Crippen molar-refractivity contribution in [2.75, 3.05) is 5.32 Å². The molecule has 36 heavy (non-hydrogen) atoms. The van der Waals surface area contributed by atoms with Gasteiger partial charge >= 0.3 is 0 Å². The Kier molecular flexibility index (Phi) is 6.48. The van der Waals surface area contributed by atoms with E-state index in [1.165, 1.54) is 0 Å². The Bertz CT molecular complexity index is 1540. The van der Waals surface area contributed by atoms with Crippen LogP contribution >= 0.6 is 11.6 Å². The summed E-state index contributed by atoms with van der Waals surface area (Å²) in [5, 5.41) is 15.1. The van der Waals surface area contributed by atoms with E-state index in [-0.39, 0.29) is 5.91 Å². The Morgan fingerprint density at radius 1 is 1.08 bits per heavy atom. The topological polar surface area (TPSA) is 97.3 Å². The third-order valence-electron chi connectivity index (χ3n) is 5.86. The molecule has 0 aliphatic carbocycles. The molecule has 0 aliphatic heterocycles. The van der Waals surface area contributed by atoms with Crippen LogP contribution in [0.1, 0.15) is 32.9 Å². The number of nitrogens with zero attached hydrogens (tertiary/aromatic N) is 4. The Hall–Kier alpha value is -4.11. The van der Waals surface area contributed by atoms with Crippen LogP contribution in [-0.2, 0) is 13.1 Å². The molecule has 10 heteroatoms. The van der Waals surface area contributed by atoms with Crippen LogP contribution in [0.3, 0.4) is 0 Å². The quantitative estimate of drug-likeness (QED) is 0.331. The maximum Gasteiger partial charge on any atom is 0.257 e. The first-order valence-electron chi connectivity index (χ1n) is 11.3. The van der Waals surface area contributed by atoms with Gasteiger partial charge in [0.25, 0.3) is 5.91 Å². The van der Waals surface area contributed by atoms with Gasteiger partial charge < -0.3 is 15.2 Å². The van der Waals surface area contributed by atoms with E-state index in [9.17, 15) is 4.79 Å². The summed E-state index contributed by atoms with van der Waals surface area (Å²) >= 11 is 6.41. The van der Waals surface area contributed by atoms with Crippen molar-refractivity contribution in [2.45, 2.75) is 26.9 Å². The van der Waals surface area contributed by atoms with Crippen LogP contribution in [0.2, 0.25) is 5.02 Å². The van der Waals surface area contributed by atoms with Crippen molar-refractivity contribution in [1.29, 1.82) is 0 Å². The van der Waals surface area contributed by atoms with E-state index in [0.29, 0.717) is 51.9 Å². The number of hydrogen-bond donors (Lipinski definition) is 2. The first-order valence-corrected chi connectivity index (χ1v) is 11.7. The molecule has 5 aromatic rings. The Morgan fingerprint density at radius 3 is 2.50 bits per heavy atom. The van der Waals surface area contributed by atoms with Gasteiger partial charge in [0.1, 0.15) is 25.0 Å². The average Bonchev–Trinajstić information content (AvgIpc) is 3.43. The molecule has 8 nitrogen and oxygen atoms in total. The van der Waals surface area contributed by atoms with Crippen molar-refractivity contribution in [3.63, 3.8) is 0 Å². The fourth-order valence-corrected chi connectivity index (χ4v) is 4.19. The monoisotopic (exact) mass is 496 g/mol. The number of carbonyl (C=O) groups is 1. The number of anilines is 1. The zero-order chi connectivity index (χ0) is 25.2. The number of fused-ring (bicyclic) bond motifs is 1. The number of amides is 1. The molecule has 0 atom stereocenters. The fraction of sp³-hybridized carbons (Fsp3) is 0.154. The highest BCUT2D eigenvalue weighted by atomic mass is 35.5. The second kappa shape index (κ2) is 9.87. The van der Waals surface area contributed by atoms with Crippen LogP contribution in [-0.4, -0.2) is 33.5 Å². The van der Waals surface area contributed by atoms with Crippen molar-refractivity contribution < 1.29 is 9.32 Å². The maximum absolute atomic E-state index is 12.5. The van der Waals surface area contributed by atoms with Gasteiger partial charge in [0.05, 0.1) is 11.4 Å². The van der Waals surface area contributed by atoms with Crippen molar-refractivity contribution in [2.24, 2.45) is 0 Å². The number of aromatic nitrogens is 4. The number of aryl methyl sites for hydroxylation is 2. The van der Waals surface area contributed by atoms with Crippen LogP contribution in [0.25, 0.3) is 16.9 Å². The second-order valence-corrected chi connectivity index (χ2v) is 8.80. The van der Waals surface area contributed by atoms with Crippen LogP contribution in [0.5, 0.6) is 0 Å².